The molecule has 0 unspecified atom stereocenters. The highest BCUT2D eigenvalue weighted by Gasteiger charge is 2.26. The standard InChI is InChI=1S/C17H24O3/c1-11-7-8-16(15(10-11)6-5-9-18)13(3)17(20)12(2)14(4)19/h5-8,10,12-13,17-18,20H,9H2,1-4H3/t12-,13+,17-/m0/s1. The molecular formula is C17H24O3. The van der Waals surface area contributed by atoms with E-state index in [0.717, 1.165) is 16.7 Å². The molecule has 3 heteroatoms. The number of hydrogen-bond donors (Lipinski definition) is 2. The molecule has 0 aromatic heterocycles. The topological polar surface area (TPSA) is 57.5 Å². The number of aliphatic hydroxyl groups is 2. The quantitative estimate of drug-likeness (QED) is 0.840. The van der Waals surface area contributed by atoms with Crippen LogP contribution in [0.5, 0.6) is 0 Å². The highest BCUT2D eigenvalue weighted by Crippen LogP contribution is 2.28. The lowest BCUT2D eigenvalue weighted by Crippen LogP contribution is -2.29. The van der Waals surface area contributed by atoms with Crippen molar-refractivity contribution in [2.75, 3.05) is 6.61 Å². The van der Waals surface area contributed by atoms with Gasteiger partial charge in [-0.1, -0.05) is 49.8 Å². The lowest BCUT2D eigenvalue weighted by Gasteiger charge is -2.25. The predicted molar refractivity (Wildman–Crippen MR) is 81.6 cm³/mol. The van der Waals surface area contributed by atoms with Crippen LogP contribution in [-0.2, 0) is 4.79 Å². The van der Waals surface area contributed by atoms with Gasteiger partial charge in [0, 0.05) is 11.8 Å². The van der Waals surface area contributed by atoms with Gasteiger partial charge >= 0.3 is 0 Å². The maximum Gasteiger partial charge on any atom is 0.135 e. The largest absolute Gasteiger partial charge is 0.392 e. The van der Waals surface area contributed by atoms with E-state index in [2.05, 4.69) is 0 Å². The molecule has 20 heavy (non-hydrogen) atoms. The molecule has 0 bridgehead atoms. The van der Waals surface area contributed by atoms with E-state index >= 15 is 0 Å². The van der Waals surface area contributed by atoms with E-state index in [-0.39, 0.29) is 24.2 Å². The van der Waals surface area contributed by atoms with Crippen LogP contribution in [0.3, 0.4) is 0 Å². The molecule has 0 saturated heterocycles. The van der Waals surface area contributed by atoms with Crippen LogP contribution in [0.25, 0.3) is 6.08 Å². The summed E-state index contributed by atoms with van der Waals surface area (Å²) in [4.78, 5) is 11.4. The number of benzene rings is 1. The molecule has 0 aliphatic carbocycles. The maximum absolute atomic E-state index is 11.4. The lowest BCUT2D eigenvalue weighted by atomic mass is 9.83. The van der Waals surface area contributed by atoms with E-state index < -0.39 is 6.10 Å². The minimum absolute atomic E-state index is 0.0103. The molecule has 0 heterocycles. The van der Waals surface area contributed by atoms with Crippen LogP contribution in [0.4, 0.5) is 0 Å². The second kappa shape index (κ2) is 7.36. The average Bonchev–Trinajstić information content (AvgIpc) is 2.42. The van der Waals surface area contributed by atoms with Crippen molar-refractivity contribution in [2.45, 2.75) is 39.7 Å². The SMILES string of the molecule is CC(=O)[C@H](C)[C@H](O)[C@H](C)c1ccc(C)cc1C=CCO. The number of aryl methyl sites for hydroxylation is 1. The Labute approximate surface area is 121 Å². The van der Waals surface area contributed by atoms with Gasteiger partial charge in [-0.25, -0.2) is 0 Å². The number of carbonyl (C=O) groups excluding carboxylic acids is 1. The first kappa shape index (κ1) is 16.6. The van der Waals surface area contributed by atoms with Gasteiger partial charge in [0.2, 0.25) is 0 Å². The molecule has 0 fully saturated rings. The molecule has 1 aromatic carbocycles. The zero-order chi connectivity index (χ0) is 15.3. The number of ketones is 1. The third-order valence-corrected chi connectivity index (χ3v) is 3.80. The minimum Gasteiger partial charge on any atom is -0.392 e. The highest BCUT2D eigenvalue weighted by atomic mass is 16.3. The first-order chi connectivity index (χ1) is 9.38. The number of rotatable bonds is 6. The fourth-order valence-corrected chi connectivity index (χ4v) is 2.29. The van der Waals surface area contributed by atoms with Gasteiger partial charge in [0.15, 0.2) is 0 Å². The molecule has 110 valence electrons. The summed E-state index contributed by atoms with van der Waals surface area (Å²) in [6.07, 6.45) is 2.81. The number of carbonyl (C=O) groups is 1. The van der Waals surface area contributed by atoms with Crippen molar-refractivity contribution < 1.29 is 15.0 Å². The monoisotopic (exact) mass is 276 g/mol. The van der Waals surface area contributed by atoms with E-state index in [1.54, 1.807) is 13.0 Å². The molecule has 0 aliphatic heterocycles. The second-order valence-electron chi connectivity index (χ2n) is 5.40. The van der Waals surface area contributed by atoms with Gasteiger partial charge < -0.3 is 10.2 Å². The Hall–Kier alpha value is -1.45. The van der Waals surface area contributed by atoms with Gasteiger partial charge in [0.1, 0.15) is 5.78 Å². The molecule has 0 radical (unpaired) electrons. The van der Waals surface area contributed by atoms with Crippen molar-refractivity contribution in [1.29, 1.82) is 0 Å². The van der Waals surface area contributed by atoms with E-state index in [0.29, 0.717) is 0 Å². The van der Waals surface area contributed by atoms with Gasteiger partial charge in [-0.3, -0.25) is 4.79 Å². The highest BCUT2D eigenvalue weighted by molar-refractivity contribution is 5.78. The summed E-state index contributed by atoms with van der Waals surface area (Å²) >= 11 is 0. The summed E-state index contributed by atoms with van der Waals surface area (Å²) < 4.78 is 0. The van der Waals surface area contributed by atoms with Crippen molar-refractivity contribution in [2.24, 2.45) is 5.92 Å². The number of Topliss-reactive ketones (excluding diaryl/α,β-unsaturated/α-hetero) is 1. The number of aliphatic hydroxyl groups excluding tert-OH is 2. The molecule has 2 N–H and O–H groups in total. The third-order valence-electron chi connectivity index (χ3n) is 3.80. The van der Waals surface area contributed by atoms with Crippen LogP contribution in [0.1, 0.15) is 43.4 Å². The fourth-order valence-electron chi connectivity index (χ4n) is 2.29. The number of hydrogen-bond acceptors (Lipinski definition) is 3. The summed E-state index contributed by atoms with van der Waals surface area (Å²) in [6, 6.07) is 5.99. The molecule has 0 aliphatic rings. The smallest absolute Gasteiger partial charge is 0.135 e. The first-order valence-corrected chi connectivity index (χ1v) is 6.95. The van der Waals surface area contributed by atoms with E-state index in [4.69, 9.17) is 5.11 Å². The van der Waals surface area contributed by atoms with E-state index in [9.17, 15) is 9.90 Å². The normalized spacial score (nSPS) is 16.1. The summed E-state index contributed by atoms with van der Waals surface area (Å²) in [7, 11) is 0. The van der Waals surface area contributed by atoms with Gasteiger partial charge in [-0.05, 0) is 25.0 Å². The Balaban J connectivity index is 3.11. The van der Waals surface area contributed by atoms with Gasteiger partial charge in [-0.2, -0.15) is 0 Å². The van der Waals surface area contributed by atoms with Crippen LogP contribution in [-0.4, -0.2) is 28.7 Å². The molecular weight excluding hydrogens is 252 g/mol. The zero-order valence-electron chi connectivity index (χ0n) is 12.6. The summed E-state index contributed by atoms with van der Waals surface area (Å²) in [6.45, 7) is 7.15. The Bertz CT molecular complexity index is 491. The van der Waals surface area contributed by atoms with Crippen LogP contribution < -0.4 is 0 Å². The van der Waals surface area contributed by atoms with Gasteiger partial charge in [0.25, 0.3) is 0 Å². The van der Waals surface area contributed by atoms with E-state index in [1.807, 2.05) is 38.1 Å². The Morgan fingerprint density at radius 1 is 1.35 bits per heavy atom. The average molecular weight is 276 g/mol. The van der Waals surface area contributed by atoms with Crippen molar-refractivity contribution in [3.8, 4) is 0 Å². The van der Waals surface area contributed by atoms with Crippen LogP contribution >= 0.6 is 0 Å². The first-order valence-electron chi connectivity index (χ1n) is 6.95. The molecule has 1 aromatic rings. The molecule has 3 nitrogen and oxygen atoms in total. The van der Waals surface area contributed by atoms with Gasteiger partial charge in [-0.15, -0.1) is 0 Å². The van der Waals surface area contributed by atoms with Crippen molar-refractivity contribution in [3.63, 3.8) is 0 Å². The zero-order valence-corrected chi connectivity index (χ0v) is 12.6. The fraction of sp³-hybridized carbons (Fsp3) is 0.471. The van der Waals surface area contributed by atoms with Crippen molar-refractivity contribution in [3.05, 3.63) is 41.0 Å². The van der Waals surface area contributed by atoms with Crippen molar-refractivity contribution in [1.82, 2.24) is 0 Å². The Morgan fingerprint density at radius 3 is 2.55 bits per heavy atom. The minimum atomic E-state index is -0.712. The maximum atomic E-state index is 11.4. The Morgan fingerprint density at radius 2 is 2.00 bits per heavy atom. The van der Waals surface area contributed by atoms with Crippen LogP contribution in [0, 0.1) is 12.8 Å². The third kappa shape index (κ3) is 4.02. The molecule has 0 spiro atoms. The van der Waals surface area contributed by atoms with E-state index in [1.165, 1.54) is 6.92 Å². The molecule has 1 rings (SSSR count). The summed E-state index contributed by atoms with van der Waals surface area (Å²) in [5, 5.41) is 19.3. The molecule has 3 atom stereocenters. The lowest BCUT2D eigenvalue weighted by molar-refractivity contribution is -0.123. The second-order valence-corrected chi connectivity index (χ2v) is 5.40. The summed E-state index contributed by atoms with van der Waals surface area (Å²) in [5.41, 5.74) is 3.08. The van der Waals surface area contributed by atoms with Crippen LogP contribution in [0.2, 0.25) is 0 Å². The Kier molecular flexibility index (Phi) is 6.11. The molecule has 0 amide bonds. The van der Waals surface area contributed by atoms with Crippen LogP contribution in [0.15, 0.2) is 24.3 Å². The summed E-state index contributed by atoms with van der Waals surface area (Å²) in [5.74, 6) is -0.544. The predicted octanol–water partition coefficient (Wildman–Crippen LogP) is 2.69. The van der Waals surface area contributed by atoms with Gasteiger partial charge in [0.05, 0.1) is 12.7 Å². The molecule has 0 saturated carbocycles. The van der Waals surface area contributed by atoms with Crippen molar-refractivity contribution >= 4 is 11.9 Å².